The van der Waals surface area contributed by atoms with Gasteiger partial charge in [0.25, 0.3) is 5.91 Å². The van der Waals surface area contributed by atoms with E-state index < -0.39 is 0 Å². The zero-order valence-corrected chi connectivity index (χ0v) is 12.5. The number of anilines is 2. The zero-order valence-electron chi connectivity index (χ0n) is 11.7. The Kier molecular flexibility index (Phi) is 5.06. The number of benzene rings is 2. The number of carbonyl (C=O) groups is 1. The summed E-state index contributed by atoms with van der Waals surface area (Å²) in [4.78, 5) is 12.2. The van der Waals surface area contributed by atoms with Gasteiger partial charge in [0.15, 0.2) is 0 Å². The van der Waals surface area contributed by atoms with E-state index in [2.05, 4.69) is 5.32 Å². The molecule has 0 atom stereocenters. The van der Waals surface area contributed by atoms with E-state index in [-0.39, 0.29) is 5.91 Å². The van der Waals surface area contributed by atoms with E-state index in [1.54, 1.807) is 24.3 Å². The maximum Gasteiger partial charge on any atom is 0.255 e. The van der Waals surface area contributed by atoms with Gasteiger partial charge in [-0.15, -0.1) is 0 Å². The first-order chi connectivity index (χ1) is 10.1. The predicted molar refractivity (Wildman–Crippen MR) is 86.0 cm³/mol. The summed E-state index contributed by atoms with van der Waals surface area (Å²) in [7, 11) is 0. The largest absolute Gasteiger partial charge is 0.491 e. The van der Waals surface area contributed by atoms with Crippen molar-refractivity contribution < 1.29 is 9.53 Å². The molecule has 5 heteroatoms. The highest BCUT2D eigenvalue weighted by Crippen LogP contribution is 2.25. The molecular weight excluding hydrogens is 288 g/mol. The van der Waals surface area contributed by atoms with Crippen molar-refractivity contribution in [3.05, 3.63) is 53.1 Å². The molecule has 110 valence electrons. The first-order valence-corrected chi connectivity index (χ1v) is 7.08. The number of hydrogen-bond donors (Lipinski definition) is 2. The highest BCUT2D eigenvalue weighted by atomic mass is 35.5. The van der Waals surface area contributed by atoms with Crippen LogP contribution in [0.15, 0.2) is 42.5 Å². The Balaban J connectivity index is 2.17. The Morgan fingerprint density at radius 1 is 1.29 bits per heavy atom. The van der Waals surface area contributed by atoms with Crippen LogP contribution in [0.4, 0.5) is 11.4 Å². The smallest absolute Gasteiger partial charge is 0.255 e. The van der Waals surface area contributed by atoms with Crippen LogP contribution in [0.1, 0.15) is 23.7 Å². The zero-order chi connectivity index (χ0) is 15.2. The van der Waals surface area contributed by atoms with Crippen LogP contribution in [0.5, 0.6) is 5.75 Å². The van der Waals surface area contributed by atoms with Crippen LogP contribution in [-0.2, 0) is 0 Å². The van der Waals surface area contributed by atoms with E-state index in [9.17, 15) is 4.79 Å². The Morgan fingerprint density at radius 2 is 2.05 bits per heavy atom. The second-order valence-corrected chi connectivity index (χ2v) is 4.94. The molecule has 0 spiro atoms. The van der Waals surface area contributed by atoms with Gasteiger partial charge >= 0.3 is 0 Å². The molecule has 0 radical (unpaired) electrons. The van der Waals surface area contributed by atoms with E-state index in [0.29, 0.717) is 34.3 Å². The molecule has 4 nitrogen and oxygen atoms in total. The van der Waals surface area contributed by atoms with Gasteiger partial charge in [0.05, 0.1) is 23.0 Å². The number of para-hydroxylation sites is 2. The maximum atomic E-state index is 12.2. The fourth-order valence-corrected chi connectivity index (χ4v) is 1.90. The molecule has 3 N–H and O–H groups in total. The highest BCUT2D eigenvalue weighted by molar-refractivity contribution is 6.33. The second-order valence-electron chi connectivity index (χ2n) is 4.54. The molecule has 1 amide bonds. The monoisotopic (exact) mass is 304 g/mol. The summed E-state index contributed by atoms with van der Waals surface area (Å²) < 4.78 is 5.61. The van der Waals surface area contributed by atoms with Crippen molar-refractivity contribution in [3.8, 4) is 5.75 Å². The molecule has 0 unspecified atom stereocenters. The van der Waals surface area contributed by atoms with Gasteiger partial charge in [-0.1, -0.05) is 30.7 Å². The summed E-state index contributed by atoms with van der Waals surface area (Å²) in [6, 6.07) is 12.1. The Morgan fingerprint density at radius 3 is 2.76 bits per heavy atom. The second kappa shape index (κ2) is 6.99. The summed E-state index contributed by atoms with van der Waals surface area (Å²) in [6.07, 6.45) is 0.899. The van der Waals surface area contributed by atoms with Crippen LogP contribution in [-0.4, -0.2) is 12.5 Å². The molecular formula is C16H17ClN2O2. The predicted octanol–water partition coefficient (Wildman–Crippen LogP) is 3.96. The van der Waals surface area contributed by atoms with Gasteiger partial charge in [-0.05, 0) is 36.8 Å². The van der Waals surface area contributed by atoms with Gasteiger partial charge in [-0.25, -0.2) is 0 Å². The van der Waals surface area contributed by atoms with E-state index in [1.165, 1.54) is 0 Å². The van der Waals surface area contributed by atoms with Crippen molar-refractivity contribution in [2.24, 2.45) is 0 Å². The van der Waals surface area contributed by atoms with Crippen LogP contribution >= 0.6 is 11.6 Å². The number of amides is 1. The number of nitrogen functional groups attached to an aromatic ring is 1. The van der Waals surface area contributed by atoms with Crippen LogP contribution in [0, 0.1) is 0 Å². The lowest BCUT2D eigenvalue weighted by Gasteiger charge is -2.12. The van der Waals surface area contributed by atoms with Crippen LogP contribution < -0.4 is 15.8 Å². The lowest BCUT2D eigenvalue weighted by atomic mass is 10.2. The van der Waals surface area contributed by atoms with Crippen molar-refractivity contribution in [1.29, 1.82) is 0 Å². The van der Waals surface area contributed by atoms with Gasteiger partial charge < -0.3 is 15.8 Å². The molecule has 0 saturated carbocycles. The molecule has 0 bridgehead atoms. The standard InChI is InChI=1S/C16H17ClN2O2/c1-2-9-21-15-6-4-3-5-14(15)19-16(20)11-7-8-12(17)13(18)10-11/h3-8,10H,2,9,18H2,1H3,(H,19,20). The Hall–Kier alpha value is -2.20. The summed E-state index contributed by atoms with van der Waals surface area (Å²) in [5, 5.41) is 3.25. The first-order valence-electron chi connectivity index (χ1n) is 6.70. The van der Waals surface area contributed by atoms with E-state index in [4.69, 9.17) is 22.1 Å². The average molecular weight is 305 g/mol. The SMILES string of the molecule is CCCOc1ccccc1NC(=O)c1ccc(Cl)c(N)c1. The Labute approximate surface area is 128 Å². The molecule has 0 aliphatic carbocycles. The van der Waals surface area contributed by atoms with E-state index in [0.717, 1.165) is 6.42 Å². The molecule has 0 aromatic heterocycles. The van der Waals surface area contributed by atoms with Crippen LogP contribution in [0.25, 0.3) is 0 Å². The topological polar surface area (TPSA) is 64.3 Å². The van der Waals surface area contributed by atoms with Crippen molar-refractivity contribution in [2.45, 2.75) is 13.3 Å². The van der Waals surface area contributed by atoms with E-state index >= 15 is 0 Å². The molecule has 2 aromatic rings. The number of carbonyl (C=O) groups excluding carboxylic acids is 1. The third-order valence-corrected chi connectivity index (χ3v) is 3.20. The minimum Gasteiger partial charge on any atom is -0.491 e. The first kappa shape index (κ1) is 15.2. The minimum atomic E-state index is -0.258. The van der Waals surface area contributed by atoms with Crippen molar-refractivity contribution in [3.63, 3.8) is 0 Å². The number of hydrogen-bond acceptors (Lipinski definition) is 3. The van der Waals surface area contributed by atoms with Gasteiger partial charge in [0.1, 0.15) is 5.75 Å². The number of rotatable bonds is 5. The molecule has 2 aromatic carbocycles. The number of nitrogens with two attached hydrogens (primary N) is 1. The van der Waals surface area contributed by atoms with Crippen LogP contribution in [0.3, 0.4) is 0 Å². The minimum absolute atomic E-state index is 0.258. The van der Waals surface area contributed by atoms with Crippen LogP contribution in [0.2, 0.25) is 5.02 Å². The van der Waals surface area contributed by atoms with Crippen molar-refractivity contribution in [2.75, 3.05) is 17.7 Å². The summed E-state index contributed by atoms with van der Waals surface area (Å²) >= 11 is 5.85. The summed E-state index contributed by atoms with van der Waals surface area (Å²) in [5.74, 6) is 0.389. The molecule has 0 aliphatic rings. The number of nitrogens with one attached hydrogen (secondary N) is 1. The molecule has 0 aliphatic heterocycles. The van der Waals surface area contributed by atoms with Gasteiger partial charge in [-0.3, -0.25) is 4.79 Å². The summed E-state index contributed by atoms with van der Waals surface area (Å²) in [5.41, 5.74) is 7.16. The summed E-state index contributed by atoms with van der Waals surface area (Å²) in [6.45, 7) is 2.62. The van der Waals surface area contributed by atoms with Gasteiger partial charge in [0.2, 0.25) is 0 Å². The fraction of sp³-hybridized carbons (Fsp3) is 0.188. The van der Waals surface area contributed by atoms with Gasteiger partial charge in [0, 0.05) is 5.56 Å². The quantitative estimate of drug-likeness (QED) is 0.822. The lowest BCUT2D eigenvalue weighted by Crippen LogP contribution is -2.13. The molecule has 0 saturated heterocycles. The normalized spacial score (nSPS) is 10.2. The van der Waals surface area contributed by atoms with Crippen molar-refractivity contribution in [1.82, 2.24) is 0 Å². The Bertz CT molecular complexity index is 644. The van der Waals surface area contributed by atoms with Crippen molar-refractivity contribution >= 4 is 28.9 Å². The number of ether oxygens (including phenoxy) is 1. The molecule has 0 heterocycles. The highest BCUT2D eigenvalue weighted by Gasteiger charge is 2.10. The number of halogens is 1. The third kappa shape index (κ3) is 3.89. The van der Waals surface area contributed by atoms with E-state index in [1.807, 2.05) is 25.1 Å². The third-order valence-electron chi connectivity index (χ3n) is 2.86. The lowest BCUT2D eigenvalue weighted by molar-refractivity contribution is 0.102. The fourth-order valence-electron chi connectivity index (χ4n) is 1.79. The molecule has 2 rings (SSSR count). The molecule has 21 heavy (non-hydrogen) atoms. The maximum absolute atomic E-state index is 12.2. The average Bonchev–Trinajstić information content (AvgIpc) is 2.49. The molecule has 0 fully saturated rings. The van der Waals surface area contributed by atoms with Gasteiger partial charge in [-0.2, -0.15) is 0 Å².